The van der Waals surface area contributed by atoms with Crippen LogP contribution < -0.4 is 16.2 Å². The number of halogens is 1. The van der Waals surface area contributed by atoms with Gasteiger partial charge >= 0.3 is 5.69 Å². The first-order valence-corrected chi connectivity index (χ1v) is 8.66. The van der Waals surface area contributed by atoms with E-state index in [1.54, 1.807) is 20.4 Å². The van der Waals surface area contributed by atoms with E-state index in [4.69, 9.17) is 26.8 Å². The molecule has 0 aliphatic rings. The number of rotatable bonds is 6. The predicted molar refractivity (Wildman–Crippen MR) is 102 cm³/mol. The summed E-state index contributed by atoms with van der Waals surface area (Å²) in [4.78, 5) is 25.7. The van der Waals surface area contributed by atoms with Crippen molar-refractivity contribution in [3.63, 3.8) is 0 Å². The number of nitrogens with zero attached hydrogens (tertiary/aromatic N) is 5. The van der Waals surface area contributed by atoms with Crippen LogP contribution in [0, 0.1) is 13.8 Å². The number of anilines is 1. The zero-order chi connectivity index (χ0) is 19.7. The first-order chi connectivity index (χ1) is 12.9. The van der Waals surface area contributed by atoms with Crippen molar-refractivity contribution in [1.82, 2.24) is 24.1 Å². The van der Waals surface area contributed by atoms with Gasteiger partial charge in [-0.25, -0.2) is 4.79 Å². The van der Waals surface area contributed by atoms with Crippen molar-refractivity contribution < 1.29 is 9.47 Å². The normalized spacial score (nSPS) is 11.3. The number of aryl methyl sites for hydroxylation is 1. The Balaban J connectivity index is 2.21. The molecule has 0 spiro atoms. The molecule has 0 aliphatic heterocycles. The monoisotopic (exact) mass is 392 g/mol. The van der Waals surface area contributed by atoms with Gasteiger partial charge in [0.25, 0.3) is 0 Å². The molecular formula is C17H21ClN6O3. The highest BCUT2D eigenvalue weighted by atomic mass is 35.5. The number of fused-ring (bicyclic) bond motifs is 1. The second-order valence-corrected chi connectivity index (χ2v) is 6.46. The van der Waals surface area contributed by atoms with E-state index in [-0.39, 0.29) is 23.3 Å². The van der Waals surface area contributed by atoms with Gasteiger partial charge in [-0.3, -0.25) is 14.1 Å². The highest BCUT2D eigenvalue weighted by molar-refractivity contribution is 6.33. The van der Waals surface area contributed by atoms with Gasteiger partial charge in [0.05, 0.1) is 32.5 Å². The molecule has 0 saturated heterocycles. The summed E-state index contributed by atoms with van der Waals surface area (Å²) in [7, 11) is 3.17. The van der Waals surface area contributed by atoms with Gasteiger partial charge in [-0.1, -0.05) is 11.6 Å². The fourth-order valence-corrected chi connectivity index (χ4v) is 3.37. The molecule has 0 saturated carbocycles. The van der Waals surface area contributed by atoms with Gasteiger partial charge in [0, 0.05) is 24.4 Å². The topological polar surface area (TPSA) is 110 Å². The Kier molecular flexibility index (Phi) is 5.33. The molecule has 0 fully saturated rings. The average molecular weight is 393 g/mol. The van der Waals surface area contributed by atoms with E-state index in [0.29, 0.717) is 30.0 Å². The van der Waals surface area contributed by atoms with Crippen molar-refractivity contribution in [3.8, 4) is 5.75 Å². The van der Waals surface area contributed by atoms with Crippen LogP contribution in [-0.4, -0.2) is 44.9 Å². The van der Waals surface area contributed by atoms with E-state index in [1.807, 2.05) is 13.8 Å². The molecule has 144 valence electrons. The minimum atomic E-state index is -0.287. The number of methoxy groups -OCH3 is 2. The minimum absolute atomic E-state index is 0.00342. The number of ether oxygens (including phenoxy) is 2. The molecule has 3 aromatic rings. The number of aromatic nitrogens is 5. The summed E-state index contributed by atoms with van der Waals surface area (Å²) in [6.07, 6.45) is 1.71. The maximum absolute atomic E-state index is 13.0. The lowest BCUT2D eigenvalue weighted by molar-refractivity contribution is 0.187. The van der Waals surface area contributed by atoms with Crippen LogP contribution in [0.5, 0.6) is 5.75 Å². The SMILES string of the molecule is COCCn1c(=O)n(Cc2ncc(C)c(OC)c2C)c2nc(N)nc(Cl)c21. The van der Waals surface area contributed by atoms with Crippen LogP contribution in [-0.2, 0) is 17.8 Å². The molecule has 3 rings (SSSR count). The zero-order valence-electron chi connectivity index (χ0n) is 15.6. The molecule has 27 heavy (non-hydrogen) atoms. The third-order valence-electron chi connectivity index (χ3n) is 4.40. The quantitative estimate of drug-likeness (QED) is 0.633. The van der Waals surface area contributed by atoms with Gasteiger partial charge in [0.1, 0.15) is 11.3 Å². The van der Waals surface area contributed by atoms with Gasteiger partial charge in [0.15, 0.2) is 10.8 Å². The van der Waals surface area contributed by atoms with Crippen molar-refractivity contribution in [1.29, 1.82) is 0 Å². The van der Waals surface area contributed by atoms with Crippen LogP contribution >= 0.6 is 11.6 Å². The number of nitrogen functional groups attached to an aromatic ring is 1. The number of hydrogen-bond acceptors (Lipinski definition) is 7. The van der Waals surface area contributed by atoms with Gasteiger partial charge in [0.2, 0.25) is 5.95 Å². The van der Waals surface area contributed by atoms with E-state index in [9.17, 15) is 4.79 Å². The highest BCUT2D eigenvalue weighted by Gasteiger charge is 2.21. The lowest BCUT2D eigenvalue weighted by Crippen LogP contribution is -2.26. The van der Waals surface area contributed by atoms with Crippen molar-refractivity contribution in [3.05, 3.63) is 38.7 Å². The first kappa shape index (κ1) is 19.1. The third-order valence-corrected chi connectivity index (χ3v) is 4.67. The van der Waals surface area contributed by atoms with Gasteiger partial charge in [-0.2, -0.15) is 9.97 Å². The molecule has 3 heterocycles. The molecule has 2 N–H and O–H groups in total. The van der Waals surface area contributed by atoms with Crippen molar-refractivity contribution >= 4 is 28.7 Å². The fourth-order valence-electron chi connectivity index (χ4n) is 3.10. The molecule has 0 aliphatic carbocycles. The standard InChI is InChI=1S/C17H21ClN6O3/c1-9-7-20-11(10(2)13(9)27-4)8-24-15-12(14(18)21-16(19)22-15)23(17(24)25)5-6-26-3/h7H,5-6,8H2,1-4H3,(H2,19,21,22). The molecular weight excluding hydrogens is 372 g/mol. The first-order valence-electron chi connectivity index (χ1n) is 8.29. The fraction of sp³-hybridized carbons (Fsp3) is 0.412. The molecule has 0 atom stereocenters. The Morgan fingerprint density at radius 1 is 1.22 bits per heavy atom. The van der Waals surface area contributed by atoms with Crippen molar-refractivity contribution in [2.75, 3.05) is 26.6 Å². The Morgan fingerprint density at radius 2 is 1.96 bits per heavy atom. The van der Waals surface area contributed by atoms with E-state index >= 15 is 0 Å². The van der Waals surface area contributed by atoms with Gasteiger partial charge < -0.3 is 15.2 Å². The Labute approximate surface area is 160 Å². The molecule has 0 bridgehead atoms. The number of imidazole rings is 1. The van der Waals surface area contributed by atoms with Crippen LogP contribution in [0.3, 0.4) is 0 Å². The number of hydrogen-bond donors (Lipinski definition) is 1. The van der Waals surface area contributed by atoms with Crippen LogP contribution in [0.25, 0.3) is 11.2 Å². The molecule has 0 radical (unpaired) electrons. The average Bonchev–Trinajstić information content (AvgIpc) is 2.88. The molecule has 0 unspecified atom stereocenters. The van der Waals surface area contributed by atoms with Crippen molar-refractivity contribution in [2.24, 2.45) is 0 Å². The van der Waals surface area contributed by atoms with Crippen LogP contribution in [0.2, 0.25) is 5.15 Å². The lowest BCUT2D eigenvalue weighted by Gasteiger charge is -2.12. The van der Waals surface area contributed by atoms with E-state index < -0.39 is 0 Å². The van der Waals surface area contributed by atoms with E-state index in [0.717, 1.165) is 16.9 Å². The molecule has 9 nitrogen and oxygen atoms in total. The second kappa shape index (κ2) is 7.53. The van der Waals surface area contributed by atoms with E-state index in [1.165, 1.54) is 9.13 Å². The van der Waals surface area contributed by atoms with Gasteiger partial charge in [-0.05, 0) is 13.8 Å². The number of pyridine rings is 1. The zero-order valence-corrected chi connectivity index (χ0v) is 16.4. The third kappa shape index (κ3) is 3.35. The Hall–Kier alpha value is -2.65. The minimum Gasteiger partial charge on any atom is -0.496 e. The molecule has 0 amide bonds. The predicted octanol–water partition coefficient (Wildman–Crippen LogP) is 1.54. The van der Waals surface area contributed by atoms with Crippen molar-refractivity contribution in [2.45, 2.75) is 26.9 Å². The summed E-state index contributed by atoms with van der Waals surface area (Å²) in [6, 6.07) is 0. The van der Waals surface area contributed by atoms with Crippen LogP contribution in [0.4, 0.5) is 5.95 Å². The summed E-state index contributed by atoms with van der Waals surface area (Å²) in [5.41, 5.74) is 8.71. The van der Waals surface area contributed by atoms with Crippen LogP contribution in [0.15, 0.2) is 11.0 Å². The molecule has 0 aromatic carbocycles. The van der Waals surface area contributed by atoms with Gasteiger partial charge in [-0.15, -0.1) is 0 Å². The molecule has 3 aromatic heterocycles. The summed E-state index contributed by atoms with van der Waals surface area (Å²) < 4.78 is 13.5. The Morgan fingerprint density at radius 3 is 2.63 bits per heavy atom. The Bertz CT molecular complexity index is 1060. The summed E-state index contributed by atoms with van der Waals surface area (Å²) in [6.45, 7) is 4.67. The lowest BCUT2D eigenvalue weighted by atomic mass is 10.1. The second-order valence-electron chi connectivity index (χ2n) is 6.10. The highest BCUT2D eigenvalue weighted by Crippen LogP contribution is 2.26. The summed E-state index contributed by atoms with van der Waals surface area (Å²) in [5, 5.41) is 0.121. The summed E-state index contributed by atoms with van der Waals surface area (Å²) >= 11 is 6.25. The largest absolute Gasteiger partial charge is 0.496 e. The maximum Gasteiger partial charge on any atom is 0.330 e. The maximum atomic E-state index is 13.0. The number of nitrogens with two attached hydrogens (primary N) is 1. The molecule has 10 heteroatoms. The smallest absolute Gasteiger partial charge is 0.330 e. The van der Waals surface area contributed by atoms with Crippen LogP contribution in [0.1, 0.15) is 16.8 Å². The van der Waals surface area contributed by atoms with E-state index in [2.05, 4.69) is 15.0 Å². The summed E-state index contributed by atoms with van der Waals surface area (Å²) in [5.74, 6) is 0.736.